The number of halogens is 1. The lowest BCUT2D eigenvalue weighted by Crippen LogP contribution is -2.05. The van der Waals surface area contributed by atoms with E-state index >= 15 is 0 Å². The number of nitrogens with zero attached hydrogens (tertiary/aromatic N) is 2. The first-order valence-electron chi connectivity index (χ1n) is 5.57. The van der Waals surface area contributed by atoms with Crippen molar-refractivity contribution in [3.63, 3.8) is 0 Å². The Morgan fingerprint density at radius 1 is 1.44 bits per heavy atom. The smallest absolute Gasteiger partial charge is 0.340 e. The van der Waals surface area contributed by atoms with Crippen LogP contribution in [0.15, 0.2) is 30.5 Å². The maximum atomic E-state index is 13.8. The van der Waals surface area contributed by atoms with Gasteiger partial charge < -0.3 is 4.74 Å². The van der Waals surface area contributed by atoms with Crippen molar-refractivity contribution in [1.82, 2.24) is 9.78 Å². The lowest BCUT2D eigenvalue weighted by atomic mass is 10.1. The molecule has 0 aliphatic heterocycles. The molecule has 0 fully saturated rings. The van der Waals surface area contributed by atoms with E-state index in [2.05, 4.69) is 9.84 Å². The molecule has 5 heteroatoms. The first-order valence-corrected chi connectivity index (χ1v) is 5.57. The average Bonchev–Trinajstić information content (AvgIpc) is 2.86. The van der Waals surface area contributed by atoms with Crippen molar-refractivity contribution in [2.45, 2.75) is 13.5 Å². The molecule has 4 nitrogen and oxygen atoms in total. The number of aromatic nitrogens is 2. The summed E-state index contributed by atoms with van der Waals surface area (Å²) in [5.41, 5.74) is 1.43. The van der Waals surface area contributed by atoms with Crippen molar-refractivity contribution >= 4 is 5.97 Å². The molecule has 1 aromatic carbocycles. The van der Waals surface area contributed by atoms with Crippen molar-refractivity contribution in [3.8, 4) is 11.3 Å². The summed E-state index contributed by atoms with van der Waals surface area (Å²) >= 11 is 0. The van der Waals surface area contributed by atoms with Crippen LogP contribution in [0, 0.1) is 5.82 Å². The molecule has 0 aliphatic rings. The second-order valence-electron chi connectivity index (χ2n) is 3.72. The zero-order valence-corrected chi connectivity index (χ0v) is 10.2. The van der Waals surface area contributed by atoms with E-state index in [0.717, 1.165) is 5.69 Å². The topological polar surface area (TPSA) is 44.1 Å². The molecule has 2 aromatic rings. The van der Waals surface area contributed by atoms with Gasteiger partial charge in [0.2, 0.25) is 0 Å². The predicted octanol–water partition coefficient (Wildman–Crippen LogP) is 2.50. The Bertz CT molecular complexity index is 578. The average molecular weight is 248 g/mol. The number of aryl methyl sites for hydroxylation is 1. The van der Waals surface area contributed by atoms with Crippen molar-refractivity contribution in [3.05, 3.63) is 41.8 Å². The highest BCUT2D eigenvalue weighted by molar-refractivity contribution is 5.90. The number of methoxy groups -OCH3 is 1. The van der Waals surface area contributed by atoms with Crippen LogP contribution < -0.4 is 0 Å². The molecular weight excluding hydrogens is 235 g/mol. The van der Waals surface area contributed by atoms with E-state index in [1.807, 2.05) is 6.92 Å². The Labute approximate surface area is 104 Å². The number of rotatable bonds is 3. The van der Waals surface area contributed by atoms with Crippen molar-refractivity contribution in [2.75, 3.05) is 7.11 Å². The Kier molecular flexibility index (Phi) is 3.41. The normalized spacial score (nSPS) is 10.4. The van der Waals surface area contributed by atoms with Crippen molar-refractivity contribution in [1.29, 1.82) is 0 Å². The van der Waals surface area contributed by atoms with Gasteiger partial charge in [0, 0.05) is 18.3 Å². The molecule has 0 spiro atoms. The van der Waals surface area contributed by atoms with E-state index in [1.54, 1.807) is 23.0 Å². The van der Waals surface area contributed by atoms with Gasteiger partial charge in [-0.2, -0.15) is 5.10 Å². The van der Waals surface area contributed by atoms with Gasteiger partial charge in [0.05, 0.1) is 18.4 Å². The third-order valence-corrected chi connectivity index (χ3v) is 2.69. The van der Waals surface area contributed by atoms with Gasteiger partial charge in [-0.3, -0.25) is 4.68 Å². The number of hydrogen-bond donors (Lipinski definition) is 0. The van der Waals surface area contributed by atoms with Gasteiger partial charge >= 0.3 is 5.97 Å². The van der Waals surface area contributed by atoms with Crippen LogP contribution in [0.2, 0.25) is 0 Å². The number of carbonyl (C=O) groups excluding carboxylic acids is 1. The van der Waals surface area contributed by atoms with Crippen molar-refractivity contribution < 1.29 is 13.9 Å². The number of esters is 1. The van der Waals surface area contributed by atoms with Crippen LogP contribution in [0.5, 0.6) is 0 Å². The molecule has 0 saturated heterocycles. The maximum Gasteiger partial charge on any atom is 0.340 e. The maximum absolute atomic E-state index is 13.8. The van der Waals surface area contributed by atoms with Gasteiger partial charge in [-0.25, -0.2) is 9.18 Å². The minimum Gasteiger partial charge on any atom is -0.465 e. The van der Waals surface area contributed by atoms with E-state index in [9.17, 15) is 9.18 Å². The first-order chi connectivity index (χ1) is 8.67. The highest BCUT2D eigenvalue weighted by Crippen LogP contribution is 2.22. The Morgan fingerprint density at radius 3 is 2.83 bits per heavy atom. The summed E-state index contributed by atoms with van der Waals surface area (Å²) in [4.78, 5) is 11.3. The van der Waals surface area contributed by atoms with Crippen LogP contribution in [-0.4, -0.2) is 22.9 Å². The zero-order chi connectivity index (χ0) is 13.1. The van der Waals surface area contributed by atoms with Crippen LogP contribution in [0.25, 0.3) is 11.3 Å². The Hall–Kier alpha value is -2.17. The molecule has 18 heavy (non-hydrogen) atoms. The van der Waals surface area contributed by atoms with Crippen LogP contribution in [0.4, 0.5) is 4.39 Å². The molecule has 0 aliphatic carbocycles. The highest BCUT2D eigenvalue weighted by Gasteiger charge is 2.14. The summed E-state index contributed by atoms with van der Waals surface area (Å²) in [6, 6.07) is 6.22. The fraction of sp³-hybridized carbons (Fsp3) is 0.231. The summed E-state index contributed by atoms with van der Waals surface area (Å²) in [5, 5.41) is 4.12. The summed E-state index contributed by atoms with van der Waals surface area (Å²) < 4.78 is 20.0. The molecule has 0 radical (unpaired) electrons. The summed E-state index contributed by atoms with van der Waals surface area (Å²) in [6.45, 7) is 2.65. The van der Waals surface area contributed by atoms with Crippen molar-refractivity contribution in [2.24, 2.45) is 0 Å². The fourth-order valence-electron chi connectivity index (χ4n) is 1.78. The number of benzene rings is 1. The lowest BCUT2D eigenvalue weighted by molar-refractivity contribution is 0.0595. The lowest BCUT2D eigenvalue weighted by Gasteiger charge is -2.06. The number of carbonyl (C=O) groups is 1. The molecule has 0 unspecified atom stereocenters. The van der Waals surface area contributed by atoms with Crippen LogP contribution in [-0.2, 0) is 11.3 Å². The van der Waals surface area contributed by atoms with E-state index in [1.165, 1.54) is 19.2 Å². The largest absolute Gasteiger partial charge is 0.465 e. The standard InChI is InChI=1S/C13H13FN2O2/c1-3-16-12(6-7-15-16)9-4-5-10(11(14)8-9)13(17)18-2/h4-8H,3H2,1-2H3. The first kappa shape index (κ1) is 12.3. The number of hydrogen-bond acceptors (Lipinski definition) is 3. The molecule has 0 atom stereocenters. The third kappa shape index (κ3) is 2.11. The fourth-order valence-corrected chi connectivity index (χ4v) is 1.78. The summed E-state index contributed by atoms with van der Waals surface area (Å²) in [5.74, 6) is -1.27. The monoisotopic (exact) mass is 248 g/mol. The molecule has 0 N–H and O–H groups in total. The molecular formula is C13H13FN2O2. The predicted molar refractivity (Wildman–Crippen MR) is 64.6 cm³/mol. The second-order valence-corrected chi connectivity index (χ2v) is 3.72. The molecule has 1 heterocycles. The quantitative estimate of drug-likeness (QED) is 0.784. The van der Waals surface area contributed by atoms with Gasteiger partial charge in [-0.05, 0) is 25.1 Å². The van der Waals surface area contributed by atoms with E-state index in [0.29, 0.717) is 12.1 Å². The minimum absolute atomic E-state index is 0.0659. The SMILES string of the molecule is CCn1nccc1-c1ccc(C(=O)OC)c(F)c1. The van der Waals surface area contributed by atoms with Crippen LogP contribution >= 0.6 is 0 Å². The molecule has 0 bridgehead atoms. The summed E-state index contributed by atoms with van der Waals surface area (Å²) in [6.07, 6.45) is 1.66. The van der Waals surface area contributed by atoms with Gasteiger partial charge in [-0.1, -0.05) is 6.07 Å². The van der Waals surface area contributed by atoms with Crippen LogP contribution in [0.3, 0.4) is 0 Å². The van der Waals surface area contributed by atoms with Crippen LogP contribution in [0.1, 0.15) is 17.3 Å². The highest BCUT2D eigenvalue weighted by atomic mass is 19.1. The third-order valence-electron chi connectivity index (χ3n) is 2.69. The summed E-state index contributed by atoms with van der Waals surface area (Å²) in [7, 11) is 1.22. The molecule has 0 saturated carbocycles. The number of ether oxygens (including phenoxy) is 1. The minimum atomic E-state index is -0.678. The van der Waals surface area contributed by atoms with Gasteiger partial charge in [0.25, 0.3) is 0 Å². The van der Waals surface area contributed by atoms with E-state index < -0.39 is 11.8 Å². The van der Waals surface area contributed by atoms with Gasteiger partial charge in [0.15, 0.2) is 0 Å². The van der Waals surface area contributed by atoms with Gasteiger partial charge in [-0.15, -0.1) is 0 Å². The van der Waals surface area contributed by atoms with E-state index in [-0.39, 0.29) is 5.56 Å². The molecule has 0 amide bonds. The second kappa shape index (κ2) is 5.00. The molecule has 2 rings (SSSR count). The Morgan fingerprint density at radius 2 is 2.22 bits per heavy atom. The Balaban J connectivity index is 2.43. The van der Waals surface area contributed by atoms with Gasteiger partial charge in [0.1, 0.15) is 5.82 Å². The molecule has 94 valence electrons. The molecule has 1 aromatic heterocycles. The zero-order valence-electron chi connectivity index (χ0n) is 10.2. The van der Waals surface area contributed by atoms with E-state index in [4.69, 9.17) is 0 Å².